The molecule has 0 saturated carbocycles. The van der Waals surface area contributed by atoms with Gasteiger partial charge in [0.25, 0.3) is 5.91 Å². The molecule has 2 aromatic rings. The molecule has 0 aliphatic carbocycles. The summed E-state index contributed by atoms with van der Waals surface area (Å²) >= 11 is 0. The summed E-state index contributed by atoms with van der Waals surface area (Å²) in [6.45, 7) is 5.44. The van der Waals surface area contributed by atoms with Crippen molar-refractivity contribution < 1.29 is 9.53 Å². The molecule has 0 aromatic heterocycles. The molecule has 1 fully saturated rings. The quantitative estimate of drug-likeness (QED) is 0.883. The van der Waals surface area contributed by atoms with E-state index in [0.717, 1.165) is 49.8 Å². The molecular weight excluding hydrogens is 350 g/mol. The molecule has 1 N–H and O–H groups in total. The monoisotopic (exact) mass is 377 g/mol. The minimum atomic E-state index is -0.0982. The first-order chi connectivity index (χ1) is 13.7. The van der Waals surface area contributed by atoms with Crippen LogP contribution in [-0.4, -0.2) is 42.9 Å². The summed E-state index contributed by atoms with van der Waals surface area (Å²) in [5, 5.41) is 5.16. The second kappa shape index (κ2) is 8.57. The average Bonchev–Trinajstić information content (AvgIpc) is 2.74. The van der Waals surface area contributed by atoms with Gasteiger partial charge in [-0.15, -0.1) is 0 Å². The number of nitrogens with zero attached hydrogens (tertiary/aromatic N) is 2. The van der Waals surface area contributed by atoms with Crippen molar-refractivity contribution in [1.29, 1.82) is 0 Å². The Labute approximate surface area is 166 Å². The second-order valence-electron chi connectivity index (χ2n) is 7.48. The SMILES string of the molecule is CCc1ccc(C(=O)NC2=NC=CN(CC3CCOCC3)C2)c2ccccc12. The van der Waals surface area contributed by atoms with E-state index in [1.54, 1.807) is 6.20 Å². The number of aryl methyl sites for hydroxylation is 1. The highest BCUT2D eigenvalue weighted by Gasteiger charge is 2.20. The summed E-state index contributed by atoms with van der Waals surface area (Å²) in [6.07, 6.45) is 6.92. The van der Waals surface area contributed by atoms with E-state index in [9.17, 15) is 4.79 Å². The van der Waals surface area contributed by atoms with Gasteiger partial charge in [-0.25, -0.2) is 4.99 Å². The molecule has 2 aliphatic heterocycles. The second-order valence-corrected chi connectivity index (χ2v) is 7.48. The number of nitrogens with one attached hydrogen (secondary N) is 1. The van der Waals surface area contributed by atoms with Gasteiger partial charge in [-0.2, -0.15) is 0 Å². The molecule has 0 unspecified atom stereocenters. The smallest absolute Gasteiger partial charge is 0.257 e. The fourth-order valence-corrected chi connectivity index (χ4v) is 4.03. The zero-order chi connectivity index (χ0) is 19.3. The average molecular weight is 377 g/mol. The Kier molecular flexibility index (Phi) is 5.72. The van der Waals surface area contributed by atoms with Crippen LogP contribution in [0.3, 0.4) is 0 Å². The maximum absolute atomic E-state index is 13.0. The summed E-state index contributed by atoms with van der Waals surface area (Å²) in [5.74, 6) is 1.24. The lowest BCUT2D eigenvalue weighted by molar-refractivity contribution is 0.0589. The third kappa shape index (κ3) is 4.09. The lowest BCUT2D eigenvalue weighted by Crippen LogP contribution is -2.41. The predicted octanol–water partition coefficient (Wildman–Crippen LogP) is 3.74. The topological polar surface area (TPSA) is 53.9 Å². The van der Waals surface area contributed by atoms with Crippen LogP contribution in [0.25, 0.3) is 10.8 Å². The van der Waals surface area contributed by atoms with Crippen molar-refractivity contribution in [2.24, 2.45) is 10.9 Å². The van der Waals surface area contributed by atoms with Crippen LogP contribution >= 0.6 is 0 Å². The summed E-state index contributed by atoms with van der Waals surface area (Å²) in [4.78, 5) is 19.6. The van der Waals surface area contributed by atoms with Gasteiger partial charge in [0.15, 0.2) is 0 Å². The molecule has 0 atom stereocenters. The van der Waals surface area contributed by atoms with Crippen molar-refractivity contribution in [3.05, 3.63) is 59.9 Å². The Morgan fingerprint density at radius 3 is 2.75 bits per heavy atom. The van der Waals surface area contributed by atoms with Crippen molar-refractivity contribution in [3.8, 4) is 0 Å². The van der Waals surface area contributed by atoms with Crippen molar-refractivity contribution in [2.45, 2.75) is 26.2 Å². The first-order valence-electron chi connectivity index (χ1n) is 10.1. The summed E-state index contributed by atoms with van der Waals surface area (Å²) in [6, 6.07) is 12.1. The number of ether oxygens (including phenoxy) is 1. The van der Waals surface area contributed by atoms with Crippen LogP contribution in [0.15, 0.2) is 53.8 Å². The number of hydrogen-bond acceptors (Lipinski definition) is 4. The van der Waals surface area contributed by atoms with Gasteiger partial charge in [0.1, 0.15) is 5.84 Å². The van der Waals surface area contributed by atoms with E-state index in [-0.39, 0.29) is 5.91 Å². The highest BCUT2D eigenvalue weighted by atomic mass is 16.5. The zero-order valence-electron chi connectivity index (χ0n) is 16.4. The van der Waals surface area contributed by atoms with Gasteiger partial charge in [-0.3, -0.25) is 4.79 Å². The van der Waals surface area contributed by atoms with E-state index < -0.39 is 0 Å². The molecule has 4 rings (SSSR count). The van der Waals surface area contributed by atoms with E-state index in [0.29, 0.717) is 23.9 Å². The fourth-order valence-electron chi connectivity index (χ4n) is 4.03. The number of aliphatic imine (C=N–C) groups is 1. The minimum absolute atomic E-state index is 0.0982. The highest BCUT2D eigenvalue weighted by Crippen LogP contribution is 2.23. The lowest BCUT2D eigenvalue weighted by Gasteiger charge is -2.30. The van der Waals surface area contributed by atoms with Crippen LogP contribution in [-0.2, 0) is 11.2 Å². The zero-order valence-corrected chi connectivity index (χ0v) is 16.4. The van der Waals surface area contributed by atoms with Crippen LogP contribution in [0.5, 0.6) is 0 Å². The van der Waals surface area contributed by atoms with Gasteiger partial charge in [0, 0.05) is 37.7 Å². The molecule has 5 heteroatoms. The summed E-state index contributed by atoms with van der Waals surface area (Å²) in [7, 11) is 0. The number of hydrogen-bond donors (Lipinski definition) is 1. The summed E-state index contributed by atoms with van der Waals surface area (Å²) in [5.41, 5.74) is 1.95. The van der Waals surface area contributed by atoms with Crippen molar-refractivity contribution >= 4 is 22.5 Å². The van der Waals surface area contributed by atoms with Gasteiger partial charge in [0.05, 0.1) is 6.54 Å². The number of amides is 1. The van der Waals surface area contributed by atoms with Gasteiger partial charge in [-0.1, -0.05) is 37.3 Å². The van der Waals surface area contributed by atoms with Crippen LogP contribution in [0.1, 0.15) is 35.7 Å². The van der Waals surface area contributed by atoms with E-state index >= 15 is 0 Å². The number of rotatable bonds is 4. The predicted molar refractivity (Wildman–Crippen MR) is 112 cm³/mol. The fraction of sp³-hybridized carbons (Fsp3) is 0.391. The molecule has 0 bridgehead atoms. The van der Waals surface area contributed by atoms with Gasteiger partial charge in [-0.05, 0) is 47.6 Å². The molecule has 2 aliphatic rings. The molecule has 28 heavy (non-hydrogen) atoms. The summed E-state index contributed by atoms with van der Waals surface area (Å²) < 4.78 is 5.45. The van der Waals surface area contributed by atoms with Gasteiger partial charge >= 0.3 is 0 Å². The molecule has 1 amide bonds. The Morgan fingerprint density at radius 1 is 1.18 bits per heavy atom. The standard InChI is InChI=1S/C23H27N3O2/c1-2-18-7-8-21(20-6-4-3-5-19(18)20)23(27)25-22-16-26(12-11-24-22)15-17-9-13-28-14-10-17/h3-8,11-12,17H,2,9-10,13-16H2,1H3,(H,24,25,27). The highest BCUT2D eigenvalue weighted by molar-refractivity contribution is 6.14. The molecule has 0 spiro atoms. The van der Waals surface area contributed by atoms with Crippen LogP contribution in [0, 0.1) is 5.92 Å². The number of amidine groups is 1. The Morgan fingerprint density at radius 2 is 1.96 bits per heavy atom. The lowest BCUT2D eigenvalue weighted by atomic mass is 9.98. The first-order valence-corrected chi connectivity index (χ1v) is 10.1. The first kappa shape index (κ1) is 18.7. The maximum atomic E-state index is 13.0. The van der Waals surface area contributed by atoms with E-state index in [1.165, 1.54) is 5.56 Å². The Bertz CT molecular complexity index is 913. The van der Waals surface area contributed by atoms with E-state index in [4.69, 9.17) is 4.74 Å². The third-order valence-electron chi connectivity index (χ3n) is 5.59. The van der Waals surface area contributed by atoms with Crippen LogP contribution in [0.2, 0.25) is 0 Å². The Hall–Kier alpha value is -2.66. The number of carbonyl (C=O) groups is 1. The van der Waals surface area contributed by atoms with Crippen LogP contribution in [0.4, 0.5) is 0 Å². The number of benzene rings is 2. The molecule has 2 heterocycles. The molecule has 146 valence electrons. The Balaban J connectivity index is 1.46. The van der Waals surface area contributed by atoms with E-state index in [2.05, 4.69) is 34.3 Å². The largest absolute Gasteiger partial charge is 0.381 e. The van der Waals surface area contributed by atoms with Crippen LogP contribution < -0.4 is 5.32 Å². The molecule has 2 aromatic carbocycles. The van der Waals surface area contributed by atoms with Gasteiger partial charge < -0.3 is 15.0 Å². The maximum Gasteiger partial charge on any atom is 0.257 e. The third-order valence-corrected chi connectivity index (χ3v) is 5.59. The number of fused-ring (bicyclic) bond motifs is 1. The van der Waals surface area contributed by atoms with Gasteiger partial charge in [0.2, 0.25) is 0 Å². The van der Waals surface area contributed by atoms with Crippen molar-refractivity contribution in [2.75, 3.05) is 26.3 Å². The van der Waals surface area contributed by atoms with Crippen molar-refractivity contribution in [3.63, 3.8) is 0 Å². The molecule has 1 saturated heterocycles. The van der Waals surface area contributed by atoms with E-state index in [1.807, 2.05) is 30.5 Å². The number of carbonyl (C=O) groups excluding carboxylic acids is 1. The molecule has 5 nitrogen and oxygen atoms in total. The normalized spacial score (nSPS) is 17.6. The molecular formula is C23H27N3O2. The minimum Gasteiger partial charge on any atom is -0.381 e. The molecule has 0 radical (unpaired) electrons. The van der Waals surface area contributed by atoms with Crippen molar-refractivity contribution in [1.82, 2.24) is 10.2 Å².